The number of nitriles is 1. The van der Waals surface area contributed by atoms with Crippen molar-refractivity contribution in [2.45, 2.75) is 6.54 Å². The van der Waals surface area contributed by atoms with Gasteiger partial charge in [-0.25, -0.2) is 4.98 Å². The zero-order valence-electron chi connectivity index (χ0n) is 10.6. The molecule has 0 amide bonds. The van der Waals surface area contributed by atoms with Crippen molar-refractivity contribution < 1.29 is 9.47 Å². The summed E-state index contributed by atoms with van der Waals surface area (Å²) in [7, 11) is 0. The van der Waals surface area contributed by atoms with Gasteiger partial charge in [-0.3, -0.25) is 0 Å². The molecule has 6 heteroatoms. The highest BCUT2D eigenvalue weighted by Crippen LogP contribution is 2.32. The minimum Gasteiger partial charge on any atom is -0.454 e. The molecule has 0 atom stereocenters. The number of ether oxygens (including phenoxy) is 2. The Balaban J connectivity index is 1.76. The van der Waals surface area contributed by atoms with Crippen LogP contribution in [-0.2, 0) is 6.54 Å². The molecule has 100 valence electrons. The van der Waals surface area contributed by atoms with E-state index >= 15 is 0 Å². The van der Waals surface area contributed by atoms with Crippen molar-refractivity contribution in [1.82, 2.24) is 4.98 Å². The van der Waals surface area contributed by atoms with Crippen molar-refractivity contribution in [3.05, 3.63) is 41.6 Å². The lowest BCUT2D eigenvalue weighted by atomic mass is 10.2. The first kappa shape index (κ1) is 12.1. The van der Waals surface area contributed by atoms with Crippen LogP contribution in [0.15, 0.2) is 30.5 Å². The number of rotatable bonds is 3. The molecule has 0 saturated heterocycles. The number of hydrogen-bond donors (Lipinski definition) is 2. The Morgan fingerprint density at radius 1 is 1.30 bits per heavy atom. The maximum atomic E-state index is 8.92. The SMILES string of the molecule is N#Cc1ccnc(NCc2ccc3c(c2)OCO3)c1N. The van der Waals surface area contributed by atoms with Crippen LogP contribution in [0.3, 0.4) is 0 Å². The second kappa shape index (κ2) is 4.97. The molecule has 2 aromatic rings. The molecule has 1 aromatic carbocycles. The van der Waals surface area contributed by atoms with Crippen molar-refractivity contribution in [2.75, 3.05) is 17.8 Å². The monoisotopic (exact) mass is 268 g/mol. The van der Waals surface area contributed by atoms with Crippen LogP contribution in [-0.4, -0.2) is 11.8 Å². The molecule has 0 bridgehead atoms. The molecule has 1 aliphatic heterocycles. The molecule has 3 rings (SSSR count). The zero-order chi connectivity index (χ0) is 13.9. The van der Waals surface area contributed by atoms with E-state index in [4.69, 9.17) is 20.5 Å². The number of nitrogens with two attached hydrogens (primary N) is 1. The number of pyridine rings is 1. The molecule has 0 fully saturated rings. The number of hydrogen-bond acceptors (Lipinski definition) is 6. The van der Waals surface area contributed by atoms with Crippen molar-refractivity contribution in [3.63, 3.8) is 0 Å². The summed E-state index contributed by atoms with van der Waals surface area (Å²) in [6, 6.07) is 9.31. The van der Waals surface area contributed by atoms with E-state index in [1.807, 2.05) is 24.3 Å². The Morgan fingerprint density at radius 3 is 3.00 bits per heavy atom. The van der Waals surface area contributed by atoms with Gasteiger partial charge in [0, 0.05) is 12.7 Å². The molecule has 1 aliphatic rings. The van der Waals surface area contributed by atoms with Crippen molar-refractivity contribution in [3.8, 4) is 17.6 Å². The van der Waals surface area contributed by atoms with Gasteiger partial charge in [0.1, 0.15) is 6.07 Å². The van der Waals surface area contributed by atoms with E-state index in [2.05, 4.69) is 10.3 Å². The lowest BCUT2D eigenvalue weighted by Gasteiger charge is -2.09. The van der Waals surface area contributed by atoms with E-state index in [0.29, 0.717) is 23.6 Å². The fraction of sp³-hybridized carbons (Fsp3) is 0.143. The van der Waals surface area contributed by atoms with Crippen LogP contribution in [0.1, 0.15) is 11.1 Å². The summed E-state index contributed by atoms with van der Waals surface area (Å²) in [4.78, 5) is 4.13. The van der Waals surface area contributed by atoms with Crippen molar-refractivity contribution in [1.29, 1.82) is 5.26 Å². The van der Waals surface area contributed by atoms with Gasteiger partial charge in [0.2, 0.25) is 6.79 Å². The van der Waals surface area contributed by atoms with E-state index in [-0.39, 0.29) is 6.79 Å². The van der Waals surface area contributed by atoms with E-state index in [0.717, 1.165) is 17.1 Å². The standard InChI is InChI=1S/C14H12N4O2/c15-6-10-3-4-17-14(13(10)16)18-7-9-1-2-11-12(5-9)20-8-19-11/h1-5H,7-8,16H2,(H,17,18). The lowest BCUT2D eigenvalue weighted by molar-refractivity contribution is 0.174. The van der Waals surface area contributed by atoms with Crippen molar-refractivity contribution >= 4 is 11.5 Å². The van der Waals surface area contributed by atoms with Gasteiger partial charge in [-0.05, 0) is 23.8 Å². The second-order valence-electron chi connectivity index (χ2n) is 4.27. The molecular formula is C14H12N4O2. The molecule has 3 N–H and O–H groups in total. The molecule has 0 radical (unpaired) electrons. The highest BCUT2D eigenvalue weighted by atomic mass is 16.7. The first-order chi connectivity index (χ1) is 9.78. The van der Waals surface area contributed by atoms with Gasteiger partial charge in [-0.2, -0.15) is 5.26 Å². The van der Waals surface area contributed by atoms with Gasteiger partial charge in [0.05, 0.1) is 11.3 Å². The number of nitrogens with zero attached hydrogens (tertiary/aromatic N) is 2. The number of anilines is 2. The number of aromatic nitrogens is 1. The molecule has 2 heterocycles. The average Bonchev–Trinajstić information content (AvgIpc) is 2.93. The molecule has 20 heavy (non-hydrogen) atoms. The van der Waals surface area contributed by atoms with Gasteiger partial charge in [-0.15, -0.1) is 0 Å². The van der Waals surface area contributed by atoms with Gasteiger partial charge >= 0.3 is 0 Å². The Bertz CT molecular complexity index is 694. The van der Waals surface area contributed by atoms with Gasteiger partial charge in [-0.1, -0.05) is 6.07 Å². The first-order valence-corrected chi connectivity index (χ1v) is 6.05. The first-order valence-electron chi connectivity index (χ1n) is 6.05. The maximum Gasteiger partial charge on any atom is 0.231 e. The van der Waals surface area contributed by atoms with Crippen LogP contribution < -0.4 is 20.5 Å². The fourth-order valence-corrected chi connectivity index (χ4v) is 1.95. The summed E-state index contributed by atoms with van der Waals surface area (Å²) < 4.78 is 10.6. The predicted octanol–water partition coefficient (Wildman–Crippen LogP) is 1.88. The molecule has 0 unspecified atom stereocenters. The van der Waals surface area contributed by atoms with Crippen LogP contribution in [0.4, 0.5) is 11.5 Å². The molecular weight excluding hydrogens is 256 g/mol. The Hall–Kier alpha value is -2.94. The quantitative estimate of drug-likeness (QED) is 0.882. The highest BCUT2D eigenvalue weighted by Gasteiger charge is 2.13. The highest BCUT2D eigenvalue weighted by molar-refractivity contribution is 5.68. The van der Waals surface area contributed by atoms with Gasteiger partial charge in [0.25, 0.3) is 0 Å². The zero-order valence-corrected chi connectivity index (χ0v) is 10.6. The van der Waals surface area contributed by atoms with E-state index < -0.39 is 0 Å². The Morgan fingerprint density at radius 2 is 2.15 bits per heavy atom. The topological polar surface area (TPSA) is 93.2 Å². The summed E-state index contributed by atoms with van der Waals surface area (Å²) in [6.07, 6.45) is 1.55. The summed E-state index contributed by atoms with van der Waals surface area (Å²) in [5, 5.41) is 12.0. The minimum atomic E-state index is 0.255. The summed E-state index contributed by atoms with van der Waals surface area (Å²) in [5.41, 5.74) is 7.64. The van der Waals surface area contributed by atoms with E-state index in [1.165, 1.54) is 0 Å². The molecule has 0 saturated carbocycles. The van der Waals surface area contributed by atoms with Gasteiger partial charge < -0.3 is 20.5 Å². The van der Waals surface area contributed by atoms with E-state index in [9.17, 15) is 0 Å². The smallest absolute Gasteiger partial charge is 0.231 e. The fourth-order valence-electron chi connectivity index (χ4n) is 1.95. The van der Waals surface area contributed by atoms with Crippen molar-refractivity contribution in [2.24, 2.45) is 0 Å². The van der Waals surface area contributed by atoms with E-state index in [1.54, 1.807) is 12.3 Å². The molecule has 6 nitrogen and oxygen atoms in total. The third-order valence-electron chi connectivity index (χ3n) is 3.01. The lowest BCUT2D eigenvalue weighted by Crippen LogP contribution is -2.05. The number of nitrogen functional groups attached to an aromatic ring is 1. The van der Waals surface area contributed by atoms with Crippen LogP contribution in [0, 0.1) is 11.3 Å². The van der Waals surface area contributed by atoms with Gasteiger partial charge in [0.15, 0.2) is 17.3 Å². The molecule has 0 spiro atoms. The predicted molar refractivity (Wildman–Crippen MR) is 73.3 cm³/mol. The number of fused-ring (bicyclic) bond motifs is 1. The molecule has 0 aliphatic carbocycles. The summed E-state index contributed by atoms with van der Waals surface area (Å²) >= 11 is 0. The Labute approximate surface area is 115 Å². The molecule has 1 aromatic heterocycles. The average molecular weight is 268 g/mol. The second-order valence-corrected chi connectivity index (χ2v) is 4.27. The maximum absolute atomic E-state index is 8.92. The normalized spacial score (nSPS) is 11.9. The third kappa shape index (κ3) is 2.17. The summed E-state index contributed by atoms with van der Waals surface area (Å²) in [5.74, 6) is 1.98. The Kier molecular flexibility index (Phi) is 3.01. The van der Waals surface area contributed by atoms with Crippen LogP contribution in [0.5, 0.6) is 11.5 Å². The van der Waals surface area contributed by atoms with Crippen LogP contribution in [0.2, 0.25) is 0 Å². The van der Waals surface area contributed by atoms with Crippen LogP contribution >= 0.6 is 0 Å². The minimum absolute atomic E-state index is 0.255. The number of benzene rings is 1. The summed E-state index contributed by atoms with van der Waals surface area (Å²) in [6.45, 7) is 0.785. The largest absolute Gasteiger partial charge is 0.454 e. The third-order valence-corrected chi connectivity index (χ3v) is 3.01. The van der Waals surface area contributed by atoms with Crippen LogP contribution in [0.25, 0.3) is 0 Å². The number of nitrogens with one attached hydrogen (secondary N) is 1.